The standard InChI is InChI=1S/C14H15ClN2O2/c15-10-7-9(3-4-11(10)16)17-12(18)8-14(13(17)19)5-1-2-6-14/h3-4,7H,1-2,5-6,8,16H2. The van der Waals surface area contributed by atoms with Crippen LogP contribution in [0.25, 0.3) is 0 Å². The molecule has 2 amide bonds. The first kappa shape index (κ1) is 12.5. The molecule has 2 N–H and O–H groups in total. The molecule has 0 unspecified atom stereocenters. The number of anilines is 2. The molecule has 5 heteroatoms. The molecule has 1 aliphatic heterocycles. The van der Waals surface area contributed by atoms with Gasteiger partial charge in [0.25, 0.3) is 0 Å². The summed E-state index contributed by atoms with van der Waals surface area (Å²) < 4.78 is 0. The molecular formula is C14H15ClN2O2. The lowest BCUT2D eigenvalue weighted by Crippen LogP contribution is -2.34. The highest BCUT2D eigenvalue weighted by Crippen LogP contribution is 2.48. The van der Waals surface area contributed by atoms with Gasteiger partial charge in [0.2, 0.25) is 11.8 Å². The summed E-state index contributed by atoms with van der Waals surface area (Å²) in [6.45, 7) is 0. The number of amides is 2. The lowest BCUT2D eigenvalue weighted by atomic mass is 9.84. The van der Waals surface area contributed by atoms with Crippen LogP contribution in [0.2, 0.25) is 5.02 Å². The zero-order valence-electron chi connectivity index (χ0n) is 10.5. The van der Waals surface area contributed by atoms with E-state index < -0.39 is 5.41 Å². The van der Waals surface area contributed by atoms with Crippen LogP contribution in [0.4, 0.5) is 11.4 Å². The average molecular weight is 279 g/mol. The number of hydrogen-bond donors (Lipinski definition) is 1. The lowest BCUT2D eigenvalue weighted by molar-refractivity contribution is -0.125. The van der Waals surface area contributed by atoms with Crippen molar-refractivity contribution in [1.29, 1.82) is 0 Å². The first-order chi connectivity index (χ1) is 9.03. The largest absolute Gasteiger partial charge is 0.398 e. The van der Waals surface area contributed by atoms with Crippen LogP contribution in [0, 0.1) is 5.41 Å². The summed E-state index contributed by atoms with van der Waals surface area (Å²) in [5.41, 5.74) is 6.17. The predicted molar refractivity (Wildman–Crippen MR) is 73.9 cm³/mol. The number of benzene rings is 1. The number of hydrogen-bond acceptors (Lipinski definition) is 3. The van der Waals surface area contributed by atoms with Crippen LogP contribution in [0.1, 0.15) is 32.1 Å². The van der Waals surface area contributed by atoms with Crippen LogP contribution < -0.4 is 10.6 Å². The van der Waals surface area contributed by atoms with Gasteiger partial charge >= 0.3 is 0 Å². The molecule has 100 valence electrons. The van der Waals surface area contributed by atoms with Crippen molar-refractivity contribution < 1.29 is 9.59 Å². The van der Waals surface area contributed by atoms with E-state index in [2.05, 4.69) is 0 Å². The molecule has 2 fully saturated rings. The van der Waals surface area contributed by atoms with Gasteiger partial charge in [0.05, 0.1) is 21.8 Å². The molecule has 1 saturated heterocycles. The second-order valence-electron chi connectivity index (χ2n) is 5.40. The van der Waals surface area contributed by atoms with Crippen molar-refractivity contribution in [2.75, 3.05) is 10.6 Å². The van der Waals surface area contributed by atoms with Crippen molar-refractivity contribution in [2.45, 2.75) is 32.1 Å². The fourth-order valence-corrected chi connectivity index (χ4v) is 3.33. The van der Waals surface area contributed by atoms with Crippen molar-refractivity contribution in [1.82, 2.24) is 0 Å². The second-order valence-corrected chi connectivity index (χ2v) is 5.81. The Kier molecular flexibility index (Phi) is 2.78. The summed E-state index contributed by atoms with van der Waals surface area (Å²) in [6, 6.07) is 4.88. The van der Waals surface area contributed by atoms with Crippen molar-refractivity contribution in [3.8, 4) is 0 Å². The van der Waals surface area contributed by atoms with Gasteiger partial charge in [-0.2, -0.15) is 0 Å². The summed E-state index contributed by atoms with van der Waals surface area (Å²) in [6.07, 6.45) is 4.01. The summed E-state index contributed by atoms with van der Waals surface area (Å²) >= 11 is 5.96. The van der Waals surface area contributed by atoms with E-state index in [1.807, 2.05) is 0 Å². The Labute approximate surface area is 116 Å². The van der Waals surface area contributed by atoms with Crippen molar-refractivity contribution in [2.24, 2.45) is 5.41 Å². The minimum atomic E-state index is -0.453. The molecule has 0 bridgehead atoms. The number of imide groups is 1. The summed E-state index contributed by atoms with van der Waals surface area (Å²) in [5, 5.41) is 0.366. The Morgan fingerprint density at radius 2 is 1.89 bits per heavy atom. The molecule has 2 aliphatic rings. The Balaban J connectivity index is 1.98. The molecule has 1 heterocycles. The van der Waals surface area contributed by atoms with E-state index in [9.17, 15) is 9.59 Å². The second kappa shape index (κ2) is 4.23. The maximum absolute atomic E-state index is 12.6. The third-order valence-corrected chi connectivity index (χ3v) is 4.53. The number of carbonyl (C=O) groups is 2. The number of carbonyl (C=O) groups excluding carboxylic acids is 2. The number of rotatable bonds is 1. The van der Waals surface area contributed by atoms with Crippen LogP contribution in [0.3, 0.4) is 0 Å². The first-order valence-electron chi connectivity index (χ1n) is 6.46. The van der Waals surface area contributed by atoms with Crippen LogP contribution in [0.5, 0.6) is 0 Å². The van der Waals surface area contributed by atoms with E-state index in [1.165, 1.54) is 4.90 Å². The van der Waals surface area contributed by atoms with Gasteiger partial charge in [-0.15, -0.1) is 0 Å². The Hall–Kier alpha value is -1.55. The van der Waals surface area contributed by atoms with Gasteiger partial charge in [0.1, 0.15) is 0 Å². The van der Waals surface area contributed by atoms with E-state index in [0.29, 0.717) is 22.8 Å². The van der Waals surface area contributed by atoms with Gasteiger partial charge in [0, 0.05) is 6.42 Å². The van der Waals surface area contributed by atoms with Gasteiger partial charge < -0.3 is 5.73 Å². The first-order valence-corrected chi connectivity index (χ1v) is 6.84. The molecule has 19 heavy (non-hydrogen) atoms. The van der Waals surface area contributed by atoms with Crippen molar-refractivity contribution in [3.05, 3.63) is 23.2 Å². The molecule has 0 radical (unpaired) electrons. The normalized spacial score (nSPS) is 21.6. The number of nitrogen functional groups attached to an aromatic ring is 1. The summed E-state index contributed by atoms with van der Waals surface area (Å²) in [7, 11) is 0. The maximum Gasteiger partial charge on any atom is 0.240 e. The van der Waals surface area contributed by atoms with E-state index in [1.54, 1.807) is 18.2 Å². The molecule has 1 saturated carbocycles. The van der Waals surface area contributed by atoms with E-state index >= 15 is 0 Å². The van der Waals surface area contributed by atoms with E-state index in [-0.39, 0.29) is 11.8 Å². The lowest BCUT2D eigenvalue weighted by Gasteiger charge is -2.21. The number of nitrogens with two attached hydrogens (primary N) is 1. The smallest absolute Gasteiger partial charge is 0.240 e. The molecule has 0 atom stereocenters. The topological polar surface area (TPSA) is 63.4 Å². The Morgan fingerprint density at radius 3 is 2.53 bits per heavy atom. The fourth-order valence-electron chi connectivity index (χ4n) is 3.15. The minimum Gasteiger partial charge on any atom is -0.398 e. The van der Waals surface area contributed by atoms with E-state index in [0.717, 1.165) is 25.7 Å². The van der Waals surface area contributed by atoms with Crippen LogP contribution in [0.15, 0.2) is 18.2 Å². The van der Waals surface area contributed by atoms with Crippen molar-refractivity contribution >= 4 is 34.8 Å². The molecule has 1 aromatic rings. The van der Waals surface area contributed by atoms with Crippen molar-refractivity contribution in [3.63, 3.8) is 0 Å². The fraction of sp³-hybridized carbons (Fsp3) is 0.429. The molecular weight excluding hydrogens is 264 g/mol. The SMILES string of the molecule is Nc1ccc(N2C(=O)CC3(CCCC3)C2=O)cc1Cl. The summed E-state index contributed by atoms with van der Waals surface area (Å²) in [4.78, 5) is 26.0. The van der Waals surface area contributed by atoms with Crippen LogP contribution in [-0.2, 0) is 9.59 Å². The Morgan fingerprint density at radius 1 is 1.21 bits per heavy atom. The van der Waals surface area contributed by atoms with Gasteiger partial charge in [-0.25, -0.2) is 0 Å². The van der Waals surface area contributed by atoms with Gasteiger partial charge in [0.15, 0.2) is 0 Å². The predicted octanol–water partition coefficient (Wildman–Crippen LogP) is 2.75. The summed E-state index contributed by atoms with van der Waals surface area (Å²) in [5.74, 6) is -0.205. The number of halogens is 1. The highest BCUT2D eigenvalue weighted by Gasteiger charge is 2.53. The monoisotopic (exact) mass is 278 g/mol. The van der Waals surface area contributed by atoms with E-state index in [4.69, 9.17) is 17.3 Å². The minimum absolute atomic E-state index is 0.0733. The average Bonchev–Trinajstić information content (AvgIpc) is 2.91. The third kappa shape index (κ3) is 1.82. The van der Waals surface area contributed by atoms with Gasteiger partial charge in [-0.3, -0.25) is 14.5 Å². The van der Waals surface area contributed by atoms with Crippen LogP contribution in [-0.4, -0.2) is 11.8 Å². The third-order valence-electron chi connectivity index (χ3n) is 4.20. The quantitative estimate of drug-likeness (QED) is 0.635. The molecule has 1 aromatic carbocycles. The molecule has 0 aromatic heterocycles. The zero-order chi connectivity index (χ0) is 13.6. The van der Waals surface area contributed by atoms with Gasteiger partial charge in [-0.1, -0.05) is 24.4 Å². The maximum atomic E-state index is 12.6. The Bertz CT molecular complexity index is 565. The van der Waals surface area contributed by atoms with Crippen LogP contribution >= 0.6 is 11.6 Å². The molecule has 1 aliphatic carbocycles. The molecule has 4 nitrogen and oxygen atoms in total. The van der Waals surface area contributed by atoms with Gasteiger partial charge in [-0.05, 0) is 31.0 Å². The molecule has 1 spiro atoms. The zero-order valence-corrected chi connectivity index (χ0v) is 11.2. The highest BCUT2D eigenvalue weighted by atomic mass is 35.5. The molecule has 3 rings (SSSR count). The highest BCUT2D eigenvalue weighted by molar-refractivity contribution is 6.33. The number of nitrogens with zero attached hydrogens (tertiary/aromatic N) is 1.